The first-order valence-corrected chi connectivity index (χ1v) is 8.34. The van der Waals surface area contributed by atoms with Gasteiger partial charge in [-0.05, 0) is 17.7 Å². The minimum absolute atomic E-state index is 0.0989. The van der Waals surface area contributed by atoms with Gasteiger partial charge < -0.3 is 10.4 Å². The number of carbonyl (C=O) groups is 2. The molecular formula is C18H11F3N2O3S. The second kappa shape index (κ2) is 7.20. The summed E-state index contributed by atoms with van der Waals surface area (Å²) in [5.41, 5.74) is -0.0944. The molecule has 0 aliphatic heterocycles. The highest BCUT2D eigenvalue weighted by Gasteiger charge is 2.37. The van der Waals surface area contributed by atoms with Crippen LogP contribution in [0.25, 0.3) is 11.1 Å². The van der Waals surface area contributed by atoms with Gasteiger partial charge in [0.2, 0.25) is 0 Å². The smallest absolute Gasteiger partial charge is 0.426 e. The fraction of sp³-hybridized carbons (Fsp3) is 0.0556. The third-order valence-corrected chi connectivity index (χ3v) is 4.78. The SMILES string of the molecule is O=C(Nc1cnccc1C(=O)O)c1cc(-c2ccccc2)c(C(F)(F)F)s1. The second-order valence-electron chi connectivity index (χ2n) is 5.40. The number of amides is 1. The molecule has 0 bridgehead atoms. The molecule has 2 heterocycles. The number of aromatic carboxylic acids is 1. The van der Waals surface area contributed by atoms with Crippen molar-refractivity contribution in [3.8, 4) is 11.1 Å². The standard InChI is InChI=1S/C18H11F3N2O3S/c19-18(20,21)15-12(10-4-2-1-3-5-10)8-14(27-15)16(24)23-13-9-22-7-6-11(13)17(25)26/h1-9H,(H,23,24)(H,25,26). The molecule has 0 unspecified atom stereocenters. The van der Waals surface area contributed by atoms with E-state index in [4.69, 9.17) is 5.11 Å². The van der Waals surface area contributed by atoms with Crippen molar-refractivity contribution in [1.82, 2.24) is 4.98 Å². The number of anilines is 1. The van der Waals surface area contributed by atoms with E-state index in [0.29, 0.717) is 16.9 Å². The molecule has 0 spiro atoms. The van der Waals surface area contributed by atoms with Gasteiger partial charge in [0.05, 0.1) is 22.3 Å². The lowest BCUT2D eigenvalue weighted by atomic mass is 10.1. The molecule has 0 saturated heterocycles. The van der Waals surface area contributed by atoms with Gasteiger partial charge >= 0.3 is 12.1 Å². The molecule has 2 aromatic heterocycles. The number of nitrogens with one attached hydrogen (secondary N) is 1. The number of alkyl halides is 3. The van der Waals surface area contributed by atoms with Gasteiger partial charge in [0.25, 0.3) is 5.91 Å². The molecular weight excluding hydrogens is 381 g/mol. The van der Waals surface area contributed by atoms with Gasteiger partial charge in [-0.1, -0.05) is 30.3 Å². The van der Waals surface area contributed by atoms with E-state index >= 15 is 0 Å². The number of halogens is 3. The second-order valence-corrected chi connectivity index (χ2v) is 6.45. The van der Waals surface area contributed by atoms with E-state index in [1.54, 1.807) is 18.2 Å². The number of pyridine rings is 1. The van der Waals surface area contributed by atoms with Crippen molar-refractivity contribution in [2.45, 2.75) is 6.18 Å². The topological polar surface area (TPSA) is 79.3 Å². The van der Waals surface area contributed by atoms with Crippen LogP contribution in [0.3, 0.4) is 0 Å². The van der Waals surface area contributed by atoms with Crippen LogP contribution in [0.2, 0.25) is 0 Å². The summed E-state index contributed by atoms with van der Waals surface area (Å²) in [6.07, 6.45) is -2.27. The molecule has 1 aromatic carbocycles. The zero-order valence-corrected chi connectivity index (χ0v) is 14.3. The lowest BCUT2D eigenvalue weighted by Gasteiger charge is -2.07. The fourth-order valence-corrected chi connectivity index (χ4v) is 3.35. The Kier molecular flexibility index (Phi) is 4.95. The van der Waals surface area contributed by atoms with Gasteiger partial charge in [-0.2, -0.15) is 13.2 Å². The number of rotatable bonds is 4. The van der Waals surface area contributed by atoms with Crippen molar-refractivity contribution in [3.63, 3.8) is 0 Å². The van der Waals surface area contributed by atoms with E-state index in [-0.39, 0.29) is 21.7 Å². The average molecular weight is 392 g/mol. The van der Waals surface area contributed by atoms with Crippen LogP contribution in [0.5, 0.6) is 0 Å². The molecule has 27 heavy (non-hydrogen) atoms. The molecule has 138 valence electrons. The predicted octanol–water partition coefficient (Wildman–Crippen LogP) is 4.78. The highest BCUT2D eigenvalue weighted by Crippen LogP contribution is 2.42. The zero-order valence-electron chi connectivity index (χ0n) is 13.4. The molecule has 0 saturated carbocycles. The van der Waals surface area contributed by atoms with Crippen LogP contribution in [-0.4, -0.2) is 22.0 Å². The normalized spacial score (nSPS) is 11.2. The Morgan fingerprint density at radius 3 is 2.44 bits per heavy atom. The van der Waals surface area contributed by atoms with Crippen molar-refractivity contribution in [1.29, 1.82) is 0 Å². The minimum atomic E-state index is -4.63. The Morgan fingerprint density at radius 1 is 1.11 bits per heavy atom. The van der Waals surface area contributed by atoms with E-state index in [9.17, 15) is 22.8 Å². The third kappa shape index (κ3) is 3.98. The predicted molar refractivity (Wildman–Crippen MR) is 93.9 cm³/mol. The van der Waals surface area contributed by atoms with Gasteiger partial charge in [0, 0.05) is 11.8 Å². The van der Waals surface area contributed by atoms with Crippen molar-refractivity contribution in [2.24, 2.45) is 0 Å². The number of thiophene rings is 1. The van der Waals surface area contributed by atoms with Crippen LogP contribution in [0, 0.1) is 0 Å². The molecule has 5 nitrogen and oxygen atoms in total. The van der Waals surface area contributed by atoms with Crippen molar-refractivity contribution in [3.05, 3.63) is 70.2 Å². The summed E-state index contributed by atoms with van der Waals surface area (Å²) in [7, 11) is 0. The molecule has 2 N–H and O–H groups in total. The van der Waals surface area contributed by atoms with E-state index in [2.05, 4.69) is 10.3 Å². The zero-order chi connectivity index (χ0) is 19.6. The average Bonchev–Trinajstić information content (AvgIpc) is 3.09. The fourth-order valence-electron chi connectivity index (χ4n) is 2.41. The maximum absolute atomic E-state index is 13.4. The quantitative estimate of drug-likeness (QED) is 0.670. The monoisotopic (exact) mass is 392 g/mol. The van der Waals surface area contributed by atoms with Crippen LogP contribution >= 0.6 is 11.3 Å². The highest BCUT2D eigenvalue weighted by molar-refractivity contribution is 7.14. The van der Waals surface area contributed by atoms with Crippen LogP contribution in [-0.2, 0) is 6.18 Å². The summed E-state index contributed by atoms with van der Waals surface area (Å²) >= 11 is 0.298. The summed E-state index contributed by atoms with van der Waals surface area (Å²) in [4.78, 5) is 26.2. The molecule has 0 radical (unpaired) electrons. The Hall–Kier alpha value is -3.20. The number of aromatic nitrogens is 1. The van der Waals surface area contributed by atoms with Crippen LogP contribution in [0.1, 0.15) is 24.9 Å². The van der Waals surface area contributed by atoms with E-state index in [1.807, 2.05) is 0 Å². The van der Waals surface area contributed by atoms with Gasteiger partial charge in [-0.15, -0.1) is 11.3 Å². The largest absolute Gasteiger partial charge is 0.478 e. The number of hydrogen-bond acceptors (Lipinski definition) is 4. The summed E-state index contributed by atoms with van der Waals surface area (Å²) in [6, 6.07) is 10.2. The first kappa shape index (κ1) is 18.6. The highest BCUT2D eigenvalue weighted by atomic mass is 32.1. The number of nitrogens with zero attached hydrogens (tertiary/aromatic N) is 1. The number of carbonyl (C=O) groups excluding carboxylic acids is 1. The van der Waals surface area contributed by atoms with Gasteiger partial charge in [0.1, 0.15) is 4.88 Å². The van der Waals surface area contributed by atoms with Crippen molar-refractivity contribution < 1.29 is 27.9 Å². The first-order valence-electron chi connectivity index (χ1n) is 7.52. The molecule has 0 fully saturated rings. The minimum Gasteiger partial charge on any atom is -0.478 e. The number of hydrogen-bond donors (Lipinski definition) is 2. The first-order chi connectivity index (χ1) is 12.8. The summed E-state index contributed by atoms with van der Waals surface area (Å²) in [5, 5.41) is 11.4. The van der Waals surface area contributed by atoms with Crippen LogP contribution in [0.4, 0.5) is 18.9 Å². The number of carboxylic acid groups (broad SMARTS) is 1. The van der Waals surface area contributed by atoms with Gasteiger partial charge in [-0.25, -0.2) is 4.79 Å². The summed E-state index contributed by atoms with van der Waals surface area (Å²) in [6.45, 7) is 0. The summed E-state index contributed by atoms with van der Waals surface area (Å²) in [5.74, 6) is -2.14. The maximum atomic E-state index is 13.4. The summed E-state index contributed by atoms with van der Waals surface area (Å²) < 4.78 is 40.2. The third-order valence-electron chi connectivity index (χ3n) is 3.60. The van der Waals surface area contributed by atoms with Crippen molar-refractivity contribution in [2.75, 3.05) is 5.32 Å². The van der Waals surface area contributed by atoms with E-state index < -0.39 is 22.9 Å². The van der Waals surface area contributed by atoms with E-state index in [0.717, 1.165) is 12.3 Å². The Bertz CT molecular complexity index is 1000. The maximum Gasteiger partial charge on any atom is 0.426 e. The lowest BCUT2D eigenvalue weighted by Crippen LogP contribution is -2.14. The lowest BCUT2D eigenvalue weighted by molar-refractivity contribution is -0.133. The number of benzene rings is 1. The van der Waals surface area contributed by atoms with Gasteiger partial charge in [0.15, 0.2) is 0 Å². The Labute approximate surface area is 155 Å². The molecule has 1 amide bonds. The molecule has 0 aliphatic carbocycles. The van der Waals surface area contributed by atoms with E-state index in [1.165, 1.54) is 24.4 Å². The van der Waals surface area contributed by atoms with Crippen molar-refractivity contribution >= 4 is 28.9 Å². The molecule has 3 aromatic rings. The Balaban J connectivity index is 1.99. The molecule has 0 atom stereocenters. The molecule has 9 heteroatoms. The Morgan fingerprint density at radius 2 is 1.81 bits per heavy atom. The van der Waals surface area contributed by atoms with Crippen LogP contribution < -0.4 is 5.32 Å². The number of carboxylic acids is 1. The van der Waals surface area contributed by atoms with Crippen LogP contribution in [0.15, 0.2) is 54.9 Å². The van der Waals surface area contributed by atoms with Gasteiger partial charge in [-0.3, -0.25) is 9.78 Å². The molecule has 3 rings (SSSR count). The molecule has 0 aliphatic rings.